The summed E-state index contributed by atoms with van der Waals surface area (Å²) in [5, 5.41) is 8.97. The smallest absolute Gasteiger partial charge is 0.321 e. The second-order valence-electron chi connectivity index (χ2n) is 4.83. The highest BCUT2D eigenvalue weighted by Crippen LogP contribution is 2.09. The highest BCUT2D eigenvalue weighted by atomic mass is 32.2. The van der Waals surface area contributed by atoms with Crippen LogP contribution in [0.25, 0.3) is 0 Å². The van der Waals surface area contributed by atoms with E-state index in [2.05, 4.69) is 4.72 Å². The minimum absolute atomic E-state index is 0.00323. The SMILES string of the molecule is CCCCC(NS(=O)(=O)CC(C)CCC)C(=O)O. The number of rotatable bonds is 10. The first-order valence-electron chi connectivity index (χ1n) is 6.55. The summed E-state index contributed by atoms with van der Waals surface area (Å²) >= 11 is 0. The van der Waals surface area contributed by atoms with E-state index in [9.17, 15) is 13.2 Å². The second-order valence-corrected chi connectivity index (χ2v) is 6.62. The lowest BCUT2D eigenvalue weighted by atomic mass is 10.1. The van der Waals surface area contributed by atoms with Crippen molar-refractivity contribution < 1.29 is 18.3 Å². The van der Waals surface area contributed by atoms with Crippen molar-refractivity contribution in [1.82, 2.24) is 4.72 Å². The molecular formula is C12H25NO4S. The Morgan fingerprint density at radius 2 is 1.83 bits per heavy atom. The Morgan fingerprint density at radius 1 is 1.22 bits per heavy atom. The molecule has 0 aromatic rings. The van der Waals surface area contributed by atoms with Gasteiger partial charge in [-0.25, -0.2) is 13.1 Å². The Labute approximate surface area is 110 Å². The number of hydrogen-bond donors (Lipinski definition) is 2. The summed E-state index contributed by atoms with van der Waals surface area (Å²) in [6, 6.07) is -0.997. The van der Waals surface area contributed by atoms with Crippen molar-refractivity contribution in [3.05, 3.63) is 0 Å². The summed E-state index contributed by atoms with van der Waals surface area (Å²) < 4.78 is 25.9. The Bertz CT molecular complexity index is 340. The fourth-order valence-electron chi connectivity index (χ4n) is 1.86. The van der Waals surface area contributed by atoms with Gasteiger partial charge in [0.2, 0.25) is 10.0 Å². The first kappa shape index (κ1) is 17.4. The van der Waals surface area contributed by atoms with Crippen molar-refractivity contribution >= 4 is 16.0 Å². The molecule has 2 atom stereocenters. The summed E-state index contributed by atoms with van der Waals surface area (Å²) in [5.41, 5.74) is 0. The molecule has 2 unspecified atom stereocenters. The number of hydrogen-bond acceptors (Lipinski definition) is 3. The molecule has 0 saturated heterocycles. The molecule has 0 aromatic heterocycles. The minimum Gasteiger partial charge on any atom is -0.480 e. The minimum atomic E-state index is -3.51. The predicted molar refractivity (Wildman–Crippen MR) is 71.9 cm³/mol. The van der Waals surface area contributed by atoms with Crippen LogP contribution in [0.15, 0.2) is 0 Å². The van der Waals surface area contributed by atoms with Crippen LogP contribution in [0.3, 0.4) is 0 Å². The molecule has 0 heterocycles. The lowest BCUT2D eigenvalue weighted by molar-refractivity contribution is -0.139. The van der Waals surface area contributed by atoms with Gasteiger partial charge in [0.1, 0.15) is 6.04 Å². The van der Waals surface area contributed by atoms with Gasteiger partial charge < -0.3 is 5.11 Å². The molecule has 0 aliphatic rings. The second kappa shape index (κ2) is 8.48. The van der Waals surface area contributed by atoms with Gasteiger partial charge in [-0.3, -0.25) is 4.79 Å². The summed E-state index contributed by atoms with van der Waals surface area (Å²) in [5.74, 6) is -1.06. The molecule has 0 aromatic carbocycles. The van der Waals surface area contributed by atoms with Crippen molar-refractivity contribution in [1.29, 1.82) is 0 Å². The maximum absolute atomic E-state index is 11.8. The molecule has 0 radical (unpaired) electrons. The number of sulfonamides is 1. The molecule has 0 aliphatic carbocycles. The van der Waals surface area contributed by atoms with Crippen LogP contribution in [0.5, 0.6) is 0 Å². The van der Waals surface area contributed by atoms with Gasteiger partial charge in [-0.2, -0.15) is 0 Å². The van der Waals surface area contributed by atoms with E-state index in [1.54, 1.807) is 0 Å². The van der Waals surface area contributed by atoms with Gasteiger partial charge in [-0.05, 0) is 18.8 Å². The zero-order valence-corrected chi connectivity index (χ0v) is 12.3. The molecule has 0 aliphatic heterocycles. The van der Waals surface area contributed by atoms with E-state index in [0.717, 1.165) is 19.3 Å². The van der Waals surface area contributed by atoms with Crippen molar-refractivity contribution in [2.24, 2.45) is 5.92 Å². The Morgan fingerprint density at radius 3 is 2.28 bits per heavy atom. The van der Waals surface area contributed by atoms with Crippen molar-refractivity contribution in [2.75, 3.05) is 5.75 Å². The Hall–Kier alpha value is -0.620. The zero-order chi connectivity index (χ0) is 14.2. The highest BCUT2D eigenvalue weighted by Gasteiger charge is 2.24. The average molecular weight is 279 g/mol. The molecule has 0 rings (SSSR count). The third-order valence-corrected chi connectivity index (χ3v) is 4.40. The Balaban J connectivity index is 4.46. The van der Waals surface area contributed by atoms with Crippen molar-refractivity contribution in [3.63, 3.8) is 0 Å². The van der Waals surface area contributed by atoms with E-state index in [1.807, 2.05) is 20.8 Å². The number of carboxylic acid groups (broad SMARTS) is 1. The molecule has 5 nitrogen and oxygen atoms in total. The van der Waals surface area contributed by atoms with Gasteiger partial charge >= 0.3 is 5.97 Å². The fourth-order valence-corrected chi connectivity index (χ4v) is 3.52. The maximum Gasteiger partial charge on any atom is 0.321 e. The molecule has 6 heteroatoms. The molecule has 0 amide bonds. The van der Waals surface area contributed by atoms with Crippen LogP contribution in [-0.2, 0) is 14.8 Å². The van der Waals surface area contributed by atoms with E-state index in [-0.39, 0.29) is 11.7 Å². The van der Waals surface area contributed by atoms with E-state index in [4.69, 9.17) is 5.11 Å². The fraction of sp³-hybridized carbons (Fsp3) is 0.917. The largest absolute Gasteiger partial charge is 0.480 e. The van der Waals surface area contributed by atoms with Crippen LogP contribution in [0.1, 0.15) is 52.9 Å². The van der Waals surface area contributed by atoms with Crippen molar-refractivity contribution in [2.45, 2.75) is 58.9 Å². The van der Waals surface area contributed by atoms with E-state index in [0.29, 0.717) is 12.8 Å². The average Bonchev–Trinajstić information content (AvgIpc) is 2.23. The van der Waals surface area contributed by atoms with Gasteiger partial charge in [0.25, 0.3) is 0 Å². The summed E-state index contributed by atoms with van der Waals surface area (Å²) in [6.45, 7) is 5.80. The monoisotopic (exact) mass is 279 g/mol. The van der Waals surface area contributed by atoms with E-state index >= 15 is 0 Å². The number of carboxylic acids is 1. The highest BCUT2D eigenvalue weighted by molar-refractivity contribution is 7.89. The first-order valence-corrected chi connectivity index (χ1v) is 8.20. The molecule has 108 valence electrons. The standard InChI is InChI=1S/C12H25NO4S/c1-4-6-8-11(12(14)15)13-18(16,17)9-10(3)7-5-2/h10-11,13H,4-9H2,1-3H3,(H,14,15). The summed E-state index contributed by atoms with van der Waals surface area (Å²) in [7, 11) is -3.51. The van der Waals surface area contributed by atoms with Crippen LogP contribution in [0.4, 0.5) is 0 Å². The molecule has 0 spiro atoms. The lowest BCUT2D eigenvalue weighted by Gasteiger charge is -2.16. The molecule has 0 fully saturated rings. The molecule has 2 N–H and O–H groups in total. The number of unbranched alkanes of at least 4 members (excludes halogenated alkanes) is 1. The van der Waals surface area contributed by atoms with Gasteiger partial charge in [0.05, 0.1) is 5.75 Å². The molecule has 0 bridgehead atoms. The lowest BCUT2D eigenvalue weighted by Crippen LogP contribution is -2.42. The number of nitrogens with one attached hydrogen (secondary N) is 1. The quantitative estimate of drug-likeness (QED) is 0.640. The van der Waals surface area contributed by atoms with Gasteiger partial charge in [-0.1, -0.05) is 40.0 Å². The topological polar surface area (TPSA) is 83.5 Å². The van der Waals surface area contributed by atoms with Gasteiger partial charge in [0.15, 0.2) is 0 Å². The van der Waals surface area contributed by atoms with Gasteiger partial charge in [-0.15, -0.1) is 0 Å². The maximum atomic E-state index is 11.8. The van der Waals surface area contributed by atoms with E-state index < -0.39 is 22.0 Å². The summed E-state index contributed by atoms with van der Waals surface area (Å²) in [6.07, 6.45) is 3.64. The zero-order valence-electron chi connectivity index (χ0n) is 11.5. The normalized spacial score (nSPS) is 15.3. The third-order valence-electron chi connectivity index (χ3n) is 2.75. The van der Waals surface area contributed by atoms with Crippen LogP contribution in [-0.4, -0.2) is 31.3 Å². The predicted octanol–water partition coefficient (Wildman–Crippen LogP) is 1.99. The number of carbonyl (C=O) groups is 1. The summed E-state index contributed by atoms with van der Waals surface area (Å²) in [4.78, 5) is 11.0. The van der Waals surface area contributed by atoms with Gasteiger partial charge in [0, 0.05) is 0 Å². The number of aliphatic carboxylic acids is 1. The first-order chi connectivity index (χ1) is 8.32. The molecular weight excluding hydrogens is 254 g/mol. The van der Waals surface area contributed by atoms with Crippen LogP contribution in [0, 0.1) is 5.92 Å². The molecule has 18 heavy (non-hydrogen) atoms. The van der Waals surface area contributed by atoms with Crippen LogP contribution < -0.4 is 4.72 Å². The Kier molecular flexibility index (Phi) is 8.18. The van der Waals surface area contributed by atoms with Crippen LogP contribution in [0.2, 0.25) is 0 Å². The molecule has 0 saturated carbocycles. The van der Waals surface area contributed by atoms with Crippen molar-refractivity contribution in [3.8, 4) is 0 Å². The van der Waals surface area contributed by atoms with Crippen LogP contribution >= 0.6 is 0 Å². The third kappa shape index (κ3) is 7.66. The van der Waals surface area contributed by atoms with E-state index in [1.165, 1.54) is 0 Å².